The number of alkyl halides is 1. The molecule has 0 spiro atoms. The van der Waals surface area contributed by atoms with Crippen LogP contribution in [0.5, 0.6) is 0 Å². The van der Waals surface area contributed by atoms with Crippen molar-refractivity contribution in [1.29, 1.82) is 5.41 Å². The Balaban J connectivity index is 2.14. The highest BCUT2D eigenvalue weighted by Crippen LogP contribution is 2.13. The van der Waals surface area contributed by atoms with Gasteiger partial charge in [-0.25, -0.2) is 4.79 Å². The van der Waals surface area contributed by atoms with E-state index in [0.29, 0.717) is 36.9 Å². The van der Waals surface area contributed by atoms with E-state index in [9.17, 15) is 4.79 Å². The van der Waals surface area contributed by atoms with Gasteiger partial charge in [-0.05, 0) is 19.8 Å². The maximum Gasteiger partial charge on any atom is 0.438 e. The van der Waals surface area contributed by atoms with E-state index >= 15 is 0 Å². The molecular weight excluding hydrogens is 410 g/mol. The second-order valence-electron chi connectivity index (χ2n) is 7.42. The van der Waals surface area contributed by atoms with Crippen molar-refractivity contribution in [1.82, 2.24) is 25.7 Å². The fraction of sp³-hybridized carbons (Fsp3) is 0.632. The van der Waals surface area contributed by atoms with Crippen LogP contribution in [0.4, 0.5) is 0 Å². The van der Waals surface area contributed by atoms with Crippen LogP contribution in [0.15, 0.2) is 32.9 Å². The quantitative estimate of drug-likeness (QED) is 0.148. The Morgan fingerprint density at radius 2 is 2.27 bits per heavy atom. The molecule has 1 saturated heterocycles. The standard InChI is InChI=1S/C19H32ClN7O3/c1-12(14(3)20)5-4-6-15(23-9-16-25-19(28)30-26-16)17(18(21)22)24-11-27-7-8-29-13(2)10-27/h4-5,12-14,23-24H,6-11H2,1-3H3,(H3,21,22)(H,25,26,28)/b5-4-,17-15?/t12?,13-,14?/m0/s1. The van der Waals surface area contributed by atoms with Gasteiger partial charge in [0.15, 0.2) is 5.82 Å². The smallest absolute Gasteiger partial charge is 0.382 e. The summed E-state index contributed by atoms with van der Waals surface area (Å²) < 4.78 is 10.1. The van der Waals surface area contributed by atoms with Gasteiger partial charge in [0.1, 0.15) is 5.84 Å². The number of rotatable bonds is 11. The zero-order valence-electron chi connectivity index (χ0n) is 17.7. The SMILES string of the molecule is CC(Cl)C(C)/C=C\CC(NCc1noc(=O)[nH]1)=C(NCN1CCO[C@@H](C)C1)C(=N)N. The van der Waals surface area contributed by atoms with Gasteiger partial charge in [0.2, 0.25) is 0 Å². The van der Waals surface area contributed by atoms with E-state index in [2.05, 4.69) is 30.2 Å². The number of hydrogen-bond acceptors (Lipinski definition) is 8. The van der Waals surface area contributed by atoms with Crippen LogP contribution < -0.4 is 22.1 Å². The Kier molecular flexibility index (Phi) is 9.41. The Hall–Kier alpha value is -2.30. The number of halogens is 1. The molecule has 1 aromatic heterocycles. The van der Waals surface area contributed by atoms with Crippen LogP contribution in [0.2, 0.25) is 0 Å². The van der Waals surface area contributed by atoms with Gasteiger partial charge in [0.05, 0.1) is 31.6 Å². The Morgan fingerprint density at radius 1 is 1.50 bits per heavy atom. The summed E-state index contributed by atoms with van der Waals surface area (Å²) in [6.07, 6.45) is 4.67. The Bertz CT molecular complexity index is 802. The molecule has 0 aromatic carbocycles. The van der Waals surface area contributed by atoms with Crippen LogP contribution in [-0.2, 0) is 11.3 Å². The van der Waals surface area contributed by atoms with Crippen LogP contribution >= 0.6 is 11.6 Å². The van der Waals surface area contributed by atoms with E-state index in [4.69, 9.17) is 27.5 Å². The molecule has 0 bridgehead atoms. The zero-order valence-corrected chi connectivity index (χ0v) is 18.5. The van der Waals surface area contributed by atoms with Crippen molar-refractivity contribution in [3.63, 3.8) is 0 Å². The third kappa shape index (κ3) is 7.85. The molecule has 1 aliphatic heterocycles. The van der Waals surface area contributed by atoms with Gasteiger partial charge in [-0.1, -0.05) is 24.2 Å². The van der Waals surface area contributed by atoms with Crippen molar-refractivity contribution in [3.8, 4) is 0 Å². The Labute approximate surface area is 181 Å². The van der Waals surface area contributed by atoms with Crippen LogP contribution in [0.3, 0.4) is 0 Å². The molecule has 6 N–H and O–H groups in total. The van der Waals surface area contributed by atoms with Crippen LogP contribution in [0.1, 0.15) is 33.0 Å². The minimum atomic E-state index is -0.617. The minimum Gasteiger partial charge on any atom is -0.382 e. The molecule has 1 fully saturated rings. The lowest BCUT2D eigenvalue weighted by molar-refractivity contribution is -0.0197. The molecule has 0 amide bonds. The number of aromatic nitrogens is 2. The predicted molar refractivity (Wildman–Crippen MR) is 116 cm³/mol. The van der Waals surface area contributed by atoms with E-state index in [1.807, 2.05) is 32.9 Å². The maximum absolute atomic E-state index is 11.2. The monoisotopic (exact) mass is 441 g/mol. The van der Waals surface area contributed by atoms with Crippen molar-refractivity contribution in [2.75, 3.05) is 26.4 Å². The number of H-pyrrole nitrogens is 1. The second-order valence-corrected chi connectivity index (χ2v) is 8.11. The molecule has 3 atom stereocenters. The molecule has 2 unspecified atom stereocenters. The molecule has 11 heteroatoms. The maximum atomic E-state index is 11.2. The zero-order chi connectivity index (χ0) is 22.1. The number of allylic oxidation sites excluding steroid dienone is 2. The molecule has 0 saturated carbocycles. The number of nitrogens with zero attached hydrogens (tertiary/aromatic N) is 2. The third-order valence-corrected chi connectivity index (χ3v) is 5.21. The van der Waals surface area contributed by atoms with Crippen LogP contribution in [0.25, 0.3) is 0 Å². The fourth-order valence-corrected chi connectivity index (χ4v) is 3.02. The van der Waals surface area contributed by atoms with Gasteiger partial charge in [-0.15, -0.1) is 11.6 Å². The summed E-state index contributed by atoms with van der Waals surface area (Å²) in [6, 6.07) is 0. The van der Waals surface area contributed by atoms with Gasteiger partial charge in [0, 0.05) is 30.6 Å². The fourth-order valence-electron chi connectivity index (χ4n) is 2.93. The molecule has 10 nitrogen and oxygen atoms in total. The number of ether oxygens (including phenoxy) is 1. The highest BCUT2D eigenvalue weighted by Gasteiger charge is 2.18. The van der Waals surface area contributed by atoms with E-state index < -0.39 is 5.76 Å². The van der Waals surface area contributed by atoms with Crippen molar-refractivity contribution in [2.45, 2.75) is 45.2 Å². The van der Waals surface area contributed by atoms with Crippen molar-refractivity contribution in [3.05, 3.63) is 39.9 Å². The van der Waals surface area contributed by atoms with E-state index in [-0.39, 0.29) is 29.8 Å². The van der Waals surface area contributed by atoms with Crippen LogP contribution in [-0.4, -0.2) is 58.7 Å². The molecule has 1 aliphatic rings. The summed E-state index contributed by atoms with van der Waals surface area (Å²) in [7, 11) is 0. The molecule has 2 rings (SSSR count). The largest absolute Gasteiger partial charge is 0.438 e. The lowest BCUT2D eigenvalue weighted by atomic mass is 10.1. The summed E-state index contributed by atoms with van der Waals surface area (Å²) in [5.74, 6) is -0.148. The molecular formula is C19H32ClN7O3. The average molecular weight is 442 g/mol. The summed E-state index contributed by atoms with van der Waals surface area (Å²) in [5.41, 5.74) is 7.08. The molecule has 168 valence electrons. The van der Waals surface area contributed by atoms with Gasteiger partial charge < -0.3 is 21.1 Å². The van der Waals surface area contributed by atoms with Crippen molar-refractivity contribution >= 4 is 17.4 Å². The number of aromatic amines is 1. The minimum absolute atomic E-state index is 0.00977. The predicted octanol–water partition coefficient (Wildman–Crippen LogP) is 1.08. The van der Waals surface area contributed by atoms with Gasteiger partial charge in [-0.3, -0.25) is 19.8 Å². The molecule has 1 aromatic rings. The lowest BCUT2D eigenvalue weighted by Gasteiger charge is -2.32. The third-order valence-electron chi connectivity index (χ3n) is 4.82. The van der Waals surface area contributed by atoms with E-state index in [1.54, 1.807) is 0 Å². The summed E-state index contributed by atoms with van der Waals surface area (Å²) in [5, 5.41) is 18.2. The highest BCUT2D eigenvalue weighted by atomic mass is 35.5. The number of amidine groups is 1. The lowest BCUT2D eigenvalue weighted by Crippen LogP contribution is -2.46. The molecule has 0 radical (unpaired) electrons. The first-order valence-corrected chi connectivity index (χ1v) is 10.4. The average Bonchev–Trinajstić information content (AvgIpc) is 3.10. The first-order chi connectivity index (χ1) is 14.3. The summed E-state index contributed by atoms with van der Waals surface area (Å²) >= 11 is 6.13. The normalized spacial score (nSPS) is 20.6. The van der Waals surface area contributed by atoms with Crippen LogP contribution in [0, 0.1) is 11.3 Å². The number of nitrogens with one attached hydrogen (secondary N) is 4. The summed E-state index contributed by atoms with van der Waals surface area (Å²) in [4.78, 5) is 15.9. The van der Waals surface area contributed by atoms with Gasteiger partial charge >= 0.3 is 5.76 Å². The molecule has 30 heavy (non-hydrogen) atoms. The number of hydrogen-bond donors (Lipinski definition) is 5. The van der Waals surface area contributed by atoms with Crippen molar-refractivity contribution < 1.29 is 9.26 Å². The summed E-state index contributed by atoms with van der Waals surface area (Å²) in [6.45, 7) is 9.04. The van der Waals surface area contributed by atoms with E-state index in [0.717, 1.165) is 13.1 Å². The Morgan fingerprint density at radius 3 is 2.87 bits per heavy atom. The highest BCUT2D eigenvalue weighted by molar-refractivity contribution is 6.20. The van der Waals surface area contributed by atoms with Gasteiger partial charge in [-0.2, -0.15) is 0 Å². The second kappa shape index (κ2) is 11.8. The topological polar surface area (TPSA) is 145 Å². The first-order valence-electron chi connectivity index (χ1n) is 10.0. The number of morpholine rings is 1. The van der Waals surface area contributed by atoms with Gasteiger partial charge in [0.25, 0.3) is 0 Å². The van der Waals surface area contributed by atoms with Crippen molar-refractivity contribution in [2.24, 2.45) is 11.7 Å². The molecule has 0 aliphatic carbocycles. The van der Waals surface area contributed by atoms with E-state index in [1.165, 1.54) is 0 Å². The molecule has 2 heterocycles. The first kappa shape index (κ1) is 24.0. The number of nitrogens with two attached hydrogens (primary N) is 1.